The van der Waals surface area contributed by atoms with E-state index in [0.29, 0.717) is 18.9 Å². The SMILES string of the molecule is O=C(CNc1ccc(OCC2CCCO2)cc1)Nc1cccc(OCCCc2ccccc2)c1. The average molecular weight is 461 g/mol. The van der Waals surface area contributed by atoms with Gasteiger partial charge in [-0.25, -0.2) is 0 Å². The fraction of sp³-hybridized carbons (Fsp3) is 0.321. The second-order valence-electron chi connectivity index (χ2n) is 8.34. The molecule has 1 aliphatic heterocycles. The van der Waals surface area contributed by atoms with Crippen LogP contribution in [-0.4, -0.2) is 38.4 Å². The van der Waals surface area contributed by atoms with Crippen LogP contribution in [0.2, 0.25) is 0 Å². The number of carbonyl (C=O) groups is 1. The summed E-state index contributed by atoms with van der Waals surface area (Å²) in [5.74, 6) is 1.42. The standard InChI is InChI=1S/C28H32N2O4/c31-28(20-29-23-13-15-25(16-14-23)34-21-27-12-6-18-33-27)30-24-10-4-11-26(19-24)32-17-5-9-22-7-2-1-3-8-22/h1-4,7-8,10-11,13-16,19,27,29H,5-6,9,12,17-18,20-21H2,(H,30,31). The van der Waals surface area contributed by atoms with Gasteiger partial charge in [0.05, 0.1) is 19.3 Å². The number of carbonyl (C=O) groups excluding carboxylic acids is 1. The highest BCUT2D eigenvalue weighted by Crippen LogP contribution is 2.20. The first-order valence-corrected chi connectivity index (χ1v) is 11.9. The summed E-state index contributed by atoms with van der Waals surface area (Å²) in [4.78, 5) is 12.4. The van der Waals surface area contributed by atoms with E-state index in [9.17, 15) is 4.79 Å². The van der Waals surface area contributed by atoms with E-state index in [2.05, 4.69) is 34.9 Å². The van der Waals surface area contributed by atoms with Crippen LogP contribution in [0.4, 0.5) is 11.4 Å². The first-order valence-electron chi connectivity index (χ1n) is 11.9. The van der Waals surface area contributed by atoms with E-state index in [1.807, 2.05) is 54.6 Å². The lowest BCUT2D eigenvalue weighted by Crippen LogP contribution is -2.21. The van der Waals surface area contributed by atoms with E-state index < -0.39 is 0 Å². The van der Waals surface area contributed by atoms with Crippen LogP contribution in [-0.2, 0) is 16.0 Å². The fourth-order valence-corrected chi connectivity index (χ4v) is 3.80. The Bertz CT molecular complexity index is 1020. The van der Waals surface area contributed by atoms with Crippen molar-refractivity contribution in [3.8, 4) is 11.5 Å². The largest absolute Gasteiger partial charge is 0.494 e. The summed E-state index contributed by atoms with van der Waals surface area (Å²) in [6.45, 7) is 2.19. The van der Waals surface area contributed by atoms with Gasteiger partial charge in [-0.3, -0.25) is 4.79 Å². The van der Waals surface area contributed by atoms with Gasteiger partial charge in [-0.05, 0) is 67.6 Å². The number of aryl methyl sites for hydroxylation is 1. The zero-order valence-corrected chi connectivity index (χ0v) is 19.4. The van der Waals surface area contributed by atoms with Crippen LogP contribution in [0.3, 0.4) is 0 Å². The fourth-order valence-electron chi connectivity index (χ4n) is 3.80. The van der Waals surface area contributed by atoms with Crippen LogP contribution in [0.1, 0.15) is 24.8 Å². The van der Waals surface area contributed by atoms with Gasteiger partial charge in [-0.1, -0.05) is 36.4 Å². The molecule has 0 saturated carbocycles. The number of anilines is 2. The molecule has 0 aromatic heterocycles. The predicted molar refractivity (Wildman–Crippen MR) is 135 cm³/mol. The number of rotatable bonds is 12. The van der Waals surface area contributed by atoms with E-state index in [4.69, 9.17) is 14.2 Å². The van der Waals surface area contributed by atoms with Gasteiger partial charge in [0.15, 0.2) is 0 Å². The summed E-state index contributed by atoms with van der Waals surface area (Å²) in [6, 6.07) is 25.5. The molecular formula is C28H32N2O4. The molecule has 178 valence electrons. The first kappa shape index (κ1) is 23.6. The molecule has 1 heterocycles. The highest BCUT2D eigenvalue weighted by Gasteiger charge is 2.15. The Morgan fingerprint density at radius 1 is 0.912 bits per heavy atom. The summed E-state index contributed by atoms with van der Waals surface area (Å²) in [7, 11) is 0. The van der Waals surface area contributed by atoms with E-state index in [0.717, 1.165) is 49.5 Å². The minimum Gasteiger partial charge on any atom is -0.494 e. The molecule has 0 spiro atoms. The number of amides is 1. The third-order valence-electron chi connectivity index (χ3n) is 5.61. The van der Waals surface area contributed by atoms with Crippen LogP contribution in [0, 0.1) is 0 Å². The van der Waals surface area contributed by atoms with Crippen molar-refractivity contribution >= 4 is 17.3 Å². The molecule has 1 unspecified atom stereocenters. The summed E-state index contributed by atoms with van der Waals surface area (Å²) in [5, 5.41) is 6.05. The van der Waals surface area contributed by atoms with Gasteiger partial charge in [0, 0.05) is 24.0 Å². The Morgan fingerprint density at radius 2 is 1.76 bits per heavy atom. The molecular weight excluding hydrogens is 428 g/mol. The van der Waals surface area contributed by atoms with Crippen molar-refractivity contribution in [2.75, 3.05) is 37.0 Å². The van der Waals surface area contributed by atoms with Gasteiger partial charge in [0.1, 0.15) is 18.1 Å². The number of hydrogen-bond acceptors (Lipinski definition) is 5. The Morgan fingerprint density at radius 3 is 2.56 bits per heavy atom. The molecule has 0 aliphatic carbocycles. The van der Waals surface area contributed by atoms with Crippen LogP contribution >= 0.6 is 0 Å². The van der Waals surface area contributed by atoms with Crippen molar-refractivity contribution < 1.29 is 19.0 Å². The quantitative estimate of drug-likeness (QED) is 0.359. The van der Waals surface area contributed by atoms with Gasteiger partial charge in [0.2, 0.25) is 5.91 Å². The minimum atomic E-state index is -0.125. The van der Waals surface area contributed by atoms with Crippen molar-refractivity contribution in [2.45, 2.75) is 31.8 Å². The molecule has 6 nitrogen and oxygen atoms in total. The predicted octanol–water partition coefficient (Wildman–Crippen LogP) is 5.31. The zero-order valence-electron chi connectivity index (χ0n) is 19.4. The number of hydrogen-bond donors (Lipinski definition) is 2. The Labute approximate surface area is 201 Å². The molecule has 1 atom stereocenters. The second-order valence-corrected chi connectivity index (χ2v) is 8.34. The Balaban J connectivity index is 1.15. The van der Waals surface area contributed by atoms with Crippen LogP contribution in [0.25, 0.3) is 0 Å². The van der Waals surface area contributed by atoms with Crippen molar-refractivity contribution in [2.24, 2.45) is 0 Å². The monoisotopic (exact) mass is 460 g/mol. The van der Waals surface area contributed by atoms with Crippen LogP contribution in [0.5, 0.6) is 11.5 Å². The van der Waals surface area contributed by atoms with Crippen molar-refractivity contribution in [1.82, 2.24) is 0 Å². The third kappa shape index (κ3) is 7.81. The number of nitrogens with one attached hydrogen (secondary N) is 2. The van der Waals surface area contributed by atoms with Gasteiger partial charge in [0.25, 0.3) is 0 Å². The molecule has 1 aliphatic rings. The van der Waals surface area contributed by atoms with E-state index in [-0.39, 0.29) is 18.6 Å². The summed E-state index contributed by atoms with van der Waals surface area (Å²) in [5.41, 5.74) is 2.88. The van der Waals surface area contributed by atoms with Crippen molar-refractivity contribution in [1.29, 1.82) is 0 Å². The molecule has 34 heavy (non-hydrogen) atoms. The number of benzene rings is 3. The topological polar surface area (TPSA) is 68.8 Å². The number of ether oxygens (including phenoxy) is 3. The summed E-state index contributed by atoms with van der Waals surface area (Å²) < 4.78 is 17.2. The molecule has 1 saturated heterocycles. The minimum absolute atomic E-state index is 0.125. The zero-order chi connectivity index (χ0) is 23.4. The molecule has 3 aromatic rings. The van der Waals surface area contributed by atoms with E-state index in [1.54, 1.807) is 0 Å². The molecule has 0 radical (unpaired) electrons. The lowest BCUT2D eigenvalue weighted by molar-refractivity contribution is -0.114. The van der Waals surface area contributed by atoms with Crippen molar-refractivity contribution in [3.63, 3.8) is 0 Å². The third-order valence-corrected chi connectivity index (χ3v) is 5.61. The maximum atomic E-state index is 12.4. The summed E-state index contributed by atoms with van der Waals surface area (Å²) in [6.07, 6.45) is 4.26. The van der Waals surface area contributed by atoms with Gasteiger partial charge < -0.3 is 24.8 Å². The lowest BCUT2D eigenvalue weighted by Gasteiger charge is -2.12. The van der Waals surface area contributed by atoms with Crippen molar-refractivity contribution in [3.05, 3.63) is 84.4 Å². The van der Waals surface area contributed by atoms with Gasteiger partial charge in [-0.15, -0.1) is 0 Å². The maximum absolute atomic E-state index is 12.4. The van der Waals surface area contributed by atoms with Crippen LogP contribution < -0.4 is 20.1 Å². The molecule has 1 fully saturated rings. The van der Waals surface area contributed by atoms with Gasteiger partial charge >= 0.3 is 0 Å². The molecule has 4 rings (SSSR count). The normalized spacial score (nSPS) is 15.0. The first-order chi connectivity index (χ1) is 16.7. The van der Waals surface area contributed by atoms with Gasteiger partial charge in [-0.2, -0.15) is 0 Å². The Kier molecular flexibility index (Phi) is 8.80. The molecule has 1 amide bonds. The molecule has 3 aromatic carbocycles. The summed E-state index contributed by atoms with van der Waals surface area (Å²) >= 11 is 0. The highest BCUT2D eigenvalue weighted by atomic mass is 16.5. The van der Waals surface area contributed by atoms with E-state index >= 15 is 0 Å². The highest BCUT2D eigenvalue weighted by molar-refractivity contribution is 5.93. The Hall–Kier alpha value is -3.51. The molecule has 0 bridgehead atoms. The molecule has 6 heteroatoms. The lowest BCUT2D eigenvalue weighted by atomic mass is 10.1. The maximum Gasteiger partial charge on any atom is 0.243 e. The molecule has 2 N–H and O–H groups in total. The van der Waals surface area contributed by atoms with E-state index in [1.165, 1.54) is 5.56 Å². The second kappa shape index (κ2) is 12.7. The smallest absolute Gasteiger partial charge is 0.243 e. The van der Waals surface area contributed by atoms with Crippen LogP contribution in [0.15, 0.2) is 78.9 Å². The average Bonchev–Trinajstić information content (AvgIpc) is 3.39.